The molecular formula is C11F21. The predicted octanol–water partition coefficient (Wildman–Crippen LogP) is 7.21. The van der Waals surface area contributed by atoms with Gasteiger partial charge in [-0.2, -0.15) is 83.4 Å². The molecule has 0 fully saturated rings. The zero-order valence-electron chi connectivity index (χ0n) is 13.4. The molecule has 0 unspecified atom stereocenters. The SMILES string of the molecule is F/[C]=C(\F)C(F)(F)C(F)(F)C(F)(F)C(F)(F)C(F)(F)C(F)(F)C(F)(F)C(F)(F)C(F)(F)F. The van der Waals surface area contributed by atoms with E-state index in [4.69, 9.17) is 0 Å². The summed E-state index contributed by atoms with van der Waals surface area (Å²) >= 11 is 0. The largest absolute Gasteiger partial charge is 0.460 e. The van der Waals surface area contributed by atoms with Gasteiger partial charge in [0.05, 0.1) is 0 Å². The summed E-state index contributed by atoms with van der Waals surface area (Å²) < 4.78 is 266. The van der Waals surface area contributed by atoms with Crippen molar-refractivity contribution < 1.29 is 92.2 Å². The fourth-order valence-electron chi connectivity index (χ4n) is 1.56. The van der Waals surface area contributed by atoms with Crippen molar-refractivity contribution in [2.75, 3.05) is 0 Å². The maximum atomic E-state index is 13.2. The third-order valence-electron chi connectivity index (χ3n) is 3.48. The highest BCUT2D eigenvalue weighted by molar-refractivity contribution is 5.19. The Morgan fingerprint density at radius 3 is 0.812 bits per heavy atom. The molecule has 0 heterocycles. The van der Waals surface area contributed by atoms with Crippen LogP contribution in [0, 0.1) is 6.33 Å². The molecule has 0 aromatic heterocycles. The lowest BCUT2D eigenvalue weighted by molar-refractivity contribution is -0.467. The molecule has 0 aliphatic rings. The third kappa shape index (κ3) is 3.43. The molecule has 0 saturated heterocycles. The van der Waals surface area contributed by atoms with Gasteiger partial charge >= 0.3 is 53.6 Å². The highest BCUT2D eigenvalue weighted by Crippen LogP contribution is 2.65. The molecule has 0 spiro atoms. The van der Waals surface area contributed by atoms with E-state index in [1.807, 2.05) is 0 Å². The molecule has 0 bridgehead atoms. The Morgan fingerprint density at radius 2 is 0.594 bits per heavy atom. The normalized spacial score (nSPS) is 17.1. The molecule has 0 amide bonds. The van der Waals surface area contributed by atoms with Gasteiger partial charge in [-0.05, 0) is 0 Å². The van der Waals surface area contributed by atoms with Gasteiger partial charge in [0, 0.05) is 0 Å². The first-order chi connectivity index (χ1) is 13.5. The lowest BCUT2D eigenvalue weighted by atomic mass is 9.87. The van der Waals surface area contributed by atoms with Crippen LogP contribution < -0.4 is 0 Å². The van der Waals surface area contributed by atoms with Crippen LogP contribution in [0.3, 0.4) is 0 Å². The first kappa shape index (κ1) is 30.3. The zero-order valence-corrected chi connectivity index (χ0v) is 13.4. The zero-order chi connectivity index (χ0) is 26.8. The van der Waals surface area contributed by atoms with Crippen LogP contribution in [0.2, 0.25) is 0 Å². The monoisotopic (exact) mass is 531 g/mol. The van der Waals surface area contributed by atoms with Crippen molar-refractivity contribution in [2.24, 2.45) is 0 Å². The molecule has 21 heteroatoms. The second-order valence-electron chi connectivity index (χ2n) is 5.50. The van der Waals surface area contributed by atoms with E-state index in [2.05, 4.69) is 0 Å². The topological polar surface area (TPSA) is 0 Å². The molecule has 0 nitrogen and oxygen atoms in total. The molecule has 0 saturated carbocycles. The van der Waals surface area contributed by atoms with Crippen LogP contribution in [-0.4, -0.2) is 53.6 Å². The second kappa shape index (κ2) is 7.39. The van der Waals surface area contributed by atoms with Gasteiger partial charge in [-0.3, -0.25) is 0 Å². The molecule has 0 atom stereocenters. The van der Waals surface area contributed by atoms with E-state index in [0.717, 1.165) is 0 Å². The van der Waals surface area contributed by atoms with Gasteiger partial charge in [-0.15, -0.1) is 0 Å². The highest BCUT2D eigenvalue weighted by atomic mass is 19.4. The molecule has 0 rings (SSSR count). The Balaban J connectivity index is 6.99. The van der Waals surface area contributed by atoms with Crippen molar-refractivity contribution in [1.29, 1.82) is 0 Å². The van der Waals surface area contributed by atoms with Crippen LogP contribution in [-0.2, 0) is 0 Å². The van der Waals surface area contributed by atoms with Gasteiger partial charge in [0.1, 0.15) is 0 Å². The van der Waals surface area contributed by atoms with Crippen molar-refractivity contribution in [3.8, 4) is 0 Å². The molecule has 0 N–H and O–H groups in total. The smallest absolute Gasteiger partial charge is 0.201 e. The Bertz CT molecular complexity index is 721. The van der Waals surface area contributed by atoms with Crippen LogP contribution in [0.25, 0.3) is 0 Å². The highest BCUT2D eigenvalue weighted by Gasteiger charge is 2.96. The summed E-state index contributed by atoms with van der Waals surface area (Å²) in [5.41, 5.74) is 0. The van der Waals surface area contributed by atoms with E-state index in [9.17, 15) is 92.2 Å². The molecule has 0 aromatic carbocycles. The molecule has 0 aromatic rings. The fraction of sp³-hybridized carbons (Fsp3) is 0.818. The molecule has 191 valence electrons. The number of hydrogen-bond acceptors (Lipinski definition) is 0. The summed E-state index contributed by atoms with van der Waals surface area (Å²) in [6, 6.07) is 0. The number of halogens is 21. The van der Waals surface area contributed by atoms with Crippen LogP contribution in [0.5, 0.6) is 0 Å². The molecule has 32 heavy (non-hydrogen) atoms. The quantitative estimate of drug-likeness (QED) is 0.291. The number of hydrogen-bond donors (Lipinski definition) is 0. The summed E-state index contributed by atoms with van der Waals surface area (Å²) in [5, 5.41) is 0. The lowest BCUT2D eigenvalue weighted by Gasteiger charge is -2.43. The van der Waals surface area contributed by atoms with Gasteiger partial charge in [-0.25, -0.2) is 8.78 Å². The maximum absolute atomic E-state index is 13.2. The van der Waals surface area contributed by atoms with E-state index >= 15 is 0 Å². The van der Waals surface area contributed by atoms with Gasteiger partial charge in [0.2, 0.25) is 5.83 Å². The van der Waals surface area contributed by atoms with Crippen molar-refractivity contribution in [3.63, 3.8) is 0 Å². The molecular weight excluding hydrogens is 531 g/mol. The molecule has 0 aliphatic carbocycles. The van der Waals surface area contributed by atoms with Gasteiger partial charge in [0.25, 0.3) is 0 Å². The Morgan fingerprint density at radius 1 is 0.375 bits per heavy atom. The summed E-state index contributed by atoms with van der Waals surface area (Å²) in [5.74, 6) is -73.9. The standard InChI is InChI=1S/C11F21/c12-1-2(13)3(14,15)4(16,17)5(18,19)6(20,21)7(22,23)8(24,25)9(26,27)10(28,29)11(30,31)32. The minimum absolute atomic E-state index is 1.17. The first-order valence-corrected chi connectivity index (χ1v) is 6.47. The summed E-state index contributed by atoms with van der Waals surface area (Å²) in [6.07, 6.45) is -9.15. The van der Waals surface area contributed by atoms with Crippen molar-refractivity contribution >= 4 is 0 Å². The first-order valence-electron chi connectivity index (χ1n) is 6.47. The minimum Gasteiger partial charge on any atom is -0.201 e. The fourth-order valence-corrected chi connectivity index (χ4v) is 1.56. The van der Waals surface area contributed by atoms with E-state index < -0.39 is 65.7 Å². The van der Waals surface area contributed by atoms with Crippen molar-refractivity contribution in [2.45, 2.75) is 53.6 Å². The van der Waals surface area contributed by atoms with Gasteiger partial charge in [0.15, 0.2) is 6.33 Å². The summed E-state index contributed by atoms with van der Waals surface area (Å²) in [6.45, 7) is 0. The predicted molar refractivity (Wildman–Crippen MR) is 54.6 cm³/mol. The number of rotatable bonds is 8. The number of allylic oxidation sites excluding steroid dienone is 1. The van der Waals surface area contributed by atoms with E-state index in [1.54, 1.807) is 0 Å². The van der Waals surface area contributed by atoms with Crippen LogP contribution in [0.4, 0.5) is 92.2 Å². The lowest BCUT2D eigenvalue weighted by Crippen LogP contribution is -2.75. The molecule has 1 radical (unpaired) electrons. The van der Waals surface area contributed by atoms with Crippen molar-refractivity contribution in [1.82, 2.24) is 0 Å². The molecule has 0 aliphatic heterocycles. The average molecular weight is 531 g/mol. The van der Waals surface area contributed by atoms with Gasteiger partial charge < -0.3 is 0 Å². The summed E-state index contributed by atoms with van der Waals surface area (Å²) in [7, 11) is 0. The average Bonchev–Trinajstić information content (AvgIpc) is 2.58. The third-order valence-corrected chi connectivity index (χ3v) is 3.48. The maximum Gasteiger partial charge on any atom is 0.460 e. The Kier molecular flexibility index (Phi) is 6.99. The summed E-state index contributed by atoms with van der Waals surface area (Å²) in [4.78, 5) is 0. The van der Waals surface area contributed by atoms with Gasteiger partial charge in [-0.1, -0.05) is 0 Å². The van der Waals surface area contributed by atoms with Crippen molar-refractivity contribution in [3.05, 3.63) is 12.2 Å². The Hall–Kier alpha value is -1.73. The van der Waals surface area contributed by atoms with E-state index in [-0.39, 0.29) is 0 Å². The van der Waals surface area contributed by atoms with E-state index in [1.165, 1.54) is 0 Å². The Labute approximate surface area is 159 Å². The van der Waals surface area contributed by atoms with Crippen LogP contribution >= 0.6 is 0 Å². The van der Waals surface area contributed by atoms with E-state index in [0.29, 0.717) is 0 Å². The van der Waals surface area contributed by atoms with Crippen LogP contribution in [0.1, 0.15) is 0 Å². The minimum atomic E-state index is -9.11. The number of alkyl halides is 19. The van der Waals surface area contributed by atoms with Crippen LogP contribution in [0.15, 0.2) is 5.83 Å². The second-order valence-corrected chi connectivity index (χ2v) is 5.50.